The van der Waals surface area contributed by atoms with Gasteiger partial charge >= 0.3 is 0 Å². The minimum absolute atomic E-state index is 0.0558. The van der Waals surface area contributed by atoms with Gasteiger partial charge in [0.15, 0.2) is 0 Å². The fraction of sp³-hybridized carbons (Fsp3) is 0.368. The fourth-order valence-electron chi connectivity index (χ4n) is 3.49. The first-order valence-electron chi connectivity index (χ1n) is 8.67. The van der Waals surface area contributed by atoms with Crippen molar-refractivity contribution in [2.45, 2.75) is 6.17 Å². The molecule has 1 atom stereocenters. The van der Waals surface area contributed by atoms with Crippen LogP contribution in [0.15, 0.2) is 65.3 Å². The monoisotopic (exact) mass is 338 g/mol. The zero-order valence-electron chi connectivity index (χ0n) is 14.1. The molecule has 0 bridgehead atoms. The number of nitroso groups, excluding NO2 is 1. The number of allylic oxidation sites excluding steroid dienone is 2. The molecule has 6 heteroatoms. The average molecular weight is 338 g/mol. The second-order valence-electron chi connectivity index (χ2n) is 6.41. The summed E-state index contributed by atoms with van der Waals surface area (Å²) in [6.07, 6.45) is 6.49. The predicted octanol–water partition coefficient (Wildman–Crippen LogP) is 2.14. The molecule has 1 fully saturated rings. The Labute approximate surface area is 147 Å². The van der Waals surface area contributed by atoms with Crippen molar-refractivity contribution in [3.05, 3.63) is 70.5 Å². The van der Waals surface area contributed by atoms with Gasteiger partial charge in [-0.15, -0.1) is 0 Å². The molecule has 1 aromatic carbocycles. The van der Waals surface area contributed by atoms with E-state index in [1.807, 2.05) is 18.2 Å². The van der Waals surface area contributed by atoms with Gasteiger partial charge in [-0.25, -0.2) is 0 Å². The Morgan fingerprint density at radius 1 is 1.20 bits per heavy atom. The molecule has 25 heavy (non-hydrogen) atoms. The van der Waals surface area contributed by atoms with Gasteiger partial charge in [-0.1, -0.05) is 41.6 Å². The molecule has 3 aliphatic rings. The molecule has 0 aliphatic carbocycles. The number of fused-ring (bicyclic) bond motifs is 1. The van der Waals surface area contributed by atoms with E-state index in [1.165, 1.54) is 11.1 Å². The van der Waals surface area contributed by atoms with E-state index < -0.39 is 0 Å². The van der Waals surface area contributed by atoms with Crippen molar-refractivity contribution in [2.75, 3.05) is 39.4 Å². The third-order valence-corrected chi connectivity index (χ3v) is 4.82. The maximum absolute atomic E-state index is 10.9. The van der Waals surface area contributed by atoms with Gasteiger partial charge in [0.05, 0.1) is 24.6 Å². The van der Waals surface area contributed by atoms with Crippen LogP contribution in [0.2, 0.25) is 0 Å². The second kappa shape index (κ2) is 7.21. The van der Waals surface area contributed by atoms with E-state index in [2.05, 4.69) is 50.8 Å². The summed E-state index contributed by atoms with van der Waals surface area (Å²) in [6.45, 7) is 4.32. The number of morpholine rings is 1. The predicted molar refractivity (Wildman–Crippen MR) is 97.3 cm³/mol. The van der Waals surface area contributed by atoms with Crippen molar-refractivity contribution >= 4 is 5.57 Å². The highest BCUT2D eigenvalue weighted by Gasteiger charge is 2.31. The molecular weight excluding hydrogens is 316 g/mol. The van der Waals surface area contributed by atoms with Gasteiger partial charge in [0.2, 0.25) is 0 Å². The minimum atomic E-state index is 0.0558. The first-order valence-corrected chi connectivity index (χ1v) is 8.67. The molecule has 3 heterocycles. The maximum Gasteiger partial charge on any atom is 0.122 e. The SMILES string of the molecule is O=NCC1=C(CN2CCOCC2)N2C=C(c3ccccc3)C=CC2N1. The summed E-state index contributed by atoms with van der Waals surface area (Å²) in [5.74, 6) is 0. The lowest BCUT2D eigenvalue weighted by Gasteiger charge is -2.32. The largest absolute Gasteiger partial charge is 0.379 e. The maximum atomic E-state index is 10.9. The van der Waals surface area contributed by atoms with Crippen molar-refractivity contribution in [1.82, 2.24) is 15.1 Å². The van der Waals surface area contributed by atoms with Crippen molar-refractivity contribution in [3.8, 4) is 0 Å². The molecule has 4 rings (SSSR count). The van der Waals surface area contributed by atoms with Crippen LogP contribution in [0.25, 0.3) is 5.57 Å². The molecule has 1 N–H and O–H groups in total. The van der Waals surface area contributed by atoms with E-state index in [9.17, 15) is 4.91 Å². The van der Waals surface area contributed by atoms with Crippen LogP contribution in [0.4, 0.5) is 0 Å². The lowest BCUT2D eigenvalue weighted by molar-refractivity contribution is 0.0400. The standard InChI is InChI=1S/C19H22N4O2/c24-20-12-17-18(14-22-8-10-25-11-9-22)23-13-16(6-7-19(23)21-17)15-4-2-1-3-5-15/h1-7,13,19,21H,8-12,14H2. The summed E-state index contributed by atoms with van der Waals surface area (Å²) in [4.78, 5) is 15.5. The van der Waals surface area contributed by atoms with E-state index >= 15 is 0 Å². The number of hydrogen-bond acceptors (Lipinski definition) is 6. The molecule has 1 aromatic rings. The third-order valence-electron chi connectivity index (χ3n) is 4.82. The number of hydrogen-bond donors (Lipinski definition) is 1. The Morgan fingerprint density at radius 3 is 2.76 bits per heavy atom. The average Bonchev–Trinajstić information content (AvgIpc) is 3.00. The second-order valence-corrected chi connectivity index (χ2v) is 6.41. The molecule has 130 valence electrons. The topological polar surface area (TPSA) is 57.2 Å². The van der Waals surface area contributed by atoms with Crippen LogP contribution in [-0.2, 0) is 4.74 Å². The van der Waals surface area contributed by atoms with Crippen LogP contribution in [0, 0.1) is 4.91 Å². The highest BCUT2D eigenvalue weighted by Crippen LogP contribution is 2.30. The minimum Gasteiger partial charge on any atom is -0.379 e. The lowest BCUT2D eigenvalue weighted by atomic mass is 10.0. The van der Waals surface area contributed by atoms with Gasteiger partial charge in [-0.3, -0.25) is 4.90 Å². The molecule has 0 radical (unpaired) electrons. The number of rotatable bonds is 5. The van der Waals surface area contributed by atoms with Crippen LogP contribution < -0.4 is 5.32 Å². The quantitative estimate of drug-likeness (QED) is 0.834. The van der Waals surface area contributed by atoms with Crippen LogP contribution >= 0.6 is 0 Å². The smallest absolute Gasteiger partial charge is 0.122 e. The molecule has 0 aromatic heterocycles. The molecule has 1 unspecified atom stereocenters. The highest BCUT2D eigenvalue weighted by atomic mass is 16.5. The van der Waals surface area contributed by atoms with Crippen molar-refractivity contribution < 1.29 is 4.74 Å². The van der Waals surface area contributed by atoms with Gasteiger partial charge in [0.25, 0.3) is 0 Å². The van der Waals surface area contributed by atoms with E-state index in [0.29, 0.717) is 0 Å². The summed E-state index contributed by atoms with van der Waals surface area (Å²) in [6, 6.07) is 10.3. The van der Waals surface area contributed by atoms with E-state index in [0.717, 1.165) is 44.2 Å². The van der Waals surface area contributed by atoms with E-state index in [4.69, 9.17) is 4.74 Å². The van der Waals surface area contributed by atoms with Crippen LogP contribution in [0.3, 0.4) is 0 Å². The molecule has 0 spiro atoms. The summed E-state index contributed by atoms with van der Waals surface area (Å²) >= 11 is 0. The van der Waals surface area contributed by atoms with Gasteiger partial charge in [-0.05, 0) is 17.2 Å². The molecule has 6 nitrogen and oxygen atoms in total. The Kier molecular flexibility index (Phi) is 4.63. The summed E-state index contributed by atoms with van der Waals surface area (Å²) in [7, 11) is 0. The molecule has 3 aliphatic heterocycles. The fourth-order valence-corrected chi connectivity index (χ4v) is 3.49. The summed E-state index contributed by atoms with van der Waals surface area (Å²) < 4.78 is 5.44. The zero-order valence-corrected chi connectivity index (χ0v) is 14.1. The lowest BCUT2D eigenvalue weighted by Crippen LogP contribution is -2.40. The summed E-state index contributed by atoms with van der Waals surface area (Å²) in [5.41, 5.74) is 4.40. The Bertz CT molecular complexity index is 720. The highest BCUT2D eigenvalue weighted by molar-refractivity contribution is 5.75. The van der Waals surface area contributed by atoms with Gasteiger partial charge in [0.1, 0.15) is 12.7 Å². The van der Waals surface area contributed by atoms with Crippen LogP contribution in [0.1, 0.15) is 5.56 Å². The number of benzene rings is 1. The zero-order chi connectivity index (χ0) is 17.1. The molecule has 0 amide bonds. The molecular formula is C19H22N4O2. The first-order chi connectivity index (χ1) is 12.3. The van der Waals surface area contributed by atoms with Crippen molar-refractivity contribution in [3.63, 3.8) is 0 Å². The van der Waals surface area contributed by atoms with Crippen LogP contribution in [-0.4, -0.2) is 55.4 Å². The Morgan fingerprint density at radius 2 is 2.00 bits per heavy atom. The summed E-state index contributed by atoms with van der Waals surface area (Å²) in [5, 5.41) is 6.54. The number of nitrogens with one attached hydrogen (secondary N) is 1. The van der Waals surface area contributed by atoms with Gasteiger partial charge in [0, 0.05) is 25.8 Å². The first kappa shape index (κ1) is 16.1. The number of nitrogens with zero attached hydrogens (tertiary/aromatic N) is 3. The van der Waals surface area contributed by atoms with Crippen molar-refractivity contribution in [1.29, 1.82) is 0 Å². The molecule has 1 saturated heterocycles. The Balaban J connectivity index is 1.61. The molecule has 0 saturated carbocycles. The van der Waals surface area contributed by atoms with Crippen LogP contribution in [0.5, 0.6) is 0 Å². The van der Waals surface area contributed by atoms with E-state index in [-0.39, 0.29) is 12.7 Å². The van der Waals surface area contributed by atoms with Crippen molar-refractivity contribution in [2.24, 2.45) is 5.18 Å². The third kappa shape index (κ3) is 3.36. The normalized spacial score (nSPS) is 23.3. The Hall–Kier alpha value is -2.44. The number of ether oxygens (including phenoxy) is 1. The van der Waals surface area contributed by atoms with Gasteiger partial charge in [-0.2, -0.15) is 4.91 Å². The van der Waals surface area contributed by atoms with Gasteiger partial charge < -0.3 is 15.0 Å². The van der Waals surface area contributed by atoms with E-state index in [1.54, 1.807) is 0 Å².